The number of alkyl halides is 3. The quantitative estimate of drug-likeness (QED) is 0.381. The van der Waals surface area contributed by atoms with Crippen LogP contribution < -0.4 is 4.74 Å². The summed E-state index contributed by atoms with van der Waals surface area (Å²) in [5.41, 5.74) is -0.826. The molecule has 0 atom stereocenters. The second-order valence-corrected chi connectivity index (χ2v) is 6.39. The summed E-state index contributed by atoms with van der Waals surface area (Å²) in [5.74, 6) is -1.14. The predicted octanol–water partition coefficient (Wildman–Crippen LogP) is 5.45. The summed E-state index contributed by atoms with van der Waals surface area (Å²) in [7, 11) is 0. The van der Waals surface area contributed by atoms with Crippen molar-refractivity contribution in [1.82, 2.24) is 0 Å². The molecule has 3 aromatic rings. The Kier molecular flexibility index (Phi) is 6.51. The molecule has 0 fully saturated rings. The molecule has 0 spiro atoms. The van der Waals surface area contributed by atoms with E-state index in [1.165, 1.54) is 0 Å². The highest BCUT2D eigenvalue weighted by Gasteiger charge is 2.35. The minimum atomic E-state index is -4.82. The minimum Gasteiger partial charge on any atom is -0.488 e. The SMILES string of the molecule is O=Cc1cc(OCc2ccccc2)c(C(=O)OCc2ccccc2)cc1C(F)(F)F. The van der Waals surface area contributed by atoms with Crippen LogP contribution in [-0.2, 0) is 24.1 Å². The lowest BCUT2D eigenvalue weighted by Gasteiger charge is -2.16. The number of benzene rings is 3. The van der Waals surface area contributed by atoms with Gasteiger partial charge in [-0.2, -0.15) is 13.2 Å². The van der Waals surface area contributed by atoms with Gasteiger partial charge in [-0.1, -0.05) is 60.7 Å². The molecule has 0 aliphatic carbocycles. The summed E-state index contributed by atoms with van der Waals surface area (Å²) in [4.78, 5) is 23.8. The lowest BCUT2D eigenvalue weighted by Crippen LogP contribution is -2.14. The van der Waals surface area contributed by atoms with Gasteiger partial charge in [0.25, 0.3) is 0 Å². The summed E-state index contributed by atoms with van der Waals surface area (Å²) in [6.07, 6.45) is -4.74. The molecule has 0 bridgehead atoms. The highest BCUT2D eigenvalue weighted by atomic mass is 19.4. The molecule has 0 aromatic heterocycles. The number of ether oxygens (including phenoxy) is 2. The molecule has 0 unspecified atom stereocenters. The second kappa shape index (κ2) is 9.26. The molecule has 30 heavy (non-hydrogen) atoms. The van der Waals surface area contributed by atoms with E-state index in [2.05, 4.69) is 0 Å². The van der Waals surface area contributed by atoms with Crippen molar-refractivity contribution in [3.05, 3.63) is 101 Å². The highest BCUT2D eigenvalue weighted by Crippen LogP contribution is 2.36. The molecule has 3 rings (SSSR count). The number of esters is 1. The Labute approximate surface area is 170 Å². The second-order valence-electron chi connectivity index (χ2n) is 6.39. The molecule has 7 heteroatoms. The first kappa shape index (κ1) is 21.1. The fourth-order valence-electron chi connectivity index (χ4n) is 2.75. The van der Waals surface area contributed by atoms with Crippen molar-refractivity contribution >= 4 is 12.3 Å². The van der Waals surface area contributed by atoms with Crippen LogP contribution in [0.4, 0.5) is 13.2 Å². The third-order valence-electron chi connectivity index (χ3n) is 4.25. The van der Waals surface area contributed by atoms with Gasteiger partial charge >= 0.3 is 12.1 Å². The van der Waals surface area contributed by atoms with Gasteiger partial charge in [-0.05, 0) is 23.3 Å². The van der Waals surface area contributed by atoms with E-state index >= 15 is 0 Å². The fourth-order valence-corrected chi connectivity index (χ4v) is 2.75. The van der Waals surface area contributed by atoms with Crippen LogP contribution in [0.25, 0.3) is 0 Å². The summed E-state index contributed by atoms with van der Waals surface area (Å²) < 4.78 is 50.8. The maximum Gasteiger partial charge on any atom is 0.417 e. The molecular formula is C23H17F3O4. The van der Waals surface area contributed by atoms with Gasteiger partial charge in [0.1, 0.15) is 24.5 Å². The molecule has 154 valence electrons. The van der Waals surface area contributed by atoms with E-state index in [-0.39, 0.29) is 25.2 Å². The Hall–Kier alpha value is -3.61. The lowest BCUT2D eigenvalue weighted by molar-refractivity contribution is -0.137. The van der Waals surface area contributed by atoms with Crippen molar-refractivity contribution in [2.24, 2.45) is 0 Å². The van der Waals surface area contributed by atoms with Crippen LogP contribution in [0.5, 0.6) is 5.75 Å². The first-order valence-electron chi connectivity index (χ1n) is 8.96. The number of hydrogen-bond donors (Lipinski definition) is 0. The van der Waals surface area contributed by atoms with Gasteiger partial charge in [0, 0.05) is 5.56 Å². The van der Waals surface area contributed by atoms with Gasteiger partial charge in [-0.15, -0.1) is 0 Å². The average molecular weight is 414 g/mol. The zero-order valence-electron chi connectivity index (χ0n) is 15.7. The van der Waals surface area contributed by atoms with Crippen LogP contribution in [0.15, 0.2) is 72.8 Å². The zero-order chi connectivity index (χ0) is 21.6. The summed E-state index contributed by atoms with van der Waals surface area (Å²) in [5, 5.41) is 0. The maximum atomic E-state index is 13.4. The van der Waals surface area contributed by atoms with Crippen molar-refractivity contribution in [3.8, 4) is 5.75 Å². The number of rotatable bonds is 7. The van der Waals surface area contributed by atoms with E-state index in [9.17, 15) is 22.8 Å². The van der Waals surface area contributed by atoms with Crippen molar-refractivity contribution < 1.29 is 32.2 Å². The van der Waals surface area contributed by atoms with Crippen LogP contribution in [-0.4, -0.2) is 12.3 Å². The van der Waals surface area contributed by atoms with E-state index in [4.69, 9.17) is 9.47 Å². The van der Waals surface area contributed by atoms with Crippen molar-refractivity contribution in [2.75, 3.05) is 0 Å². The number of halogens is 3. The van der Waals surface area contributed by atoms with E-state index in [0.717, 1.165) is 11.6 Å². The summed E-state index contributed by atoms with van der Waals surface area (Å²) in [6.45, 7) is -0.113. The van der Waals surface area contributed by atoms with E-state index in [1.807, 2.05) is 0 Å². The van der Waals surface area contributed by atoms with Crippen molar-refractivity contribution in [2.45, 2.75) is 19.4 Å². The van der Waals surface area contributed by atoms with Gasteiger partial charge in [-0.3, -0.25) is 4.79 Å². The number of aldehydes is 1. The van der Waals surface area contributed by atoms with Gasteiger partial charge in [-0.25, -0.2) is 4.79 Å². The van der Waals surface area contributed by atoms with Crippen LogP contribution >= 0.6 is 0 Å². The molecule has 0 saturated carbocycles. The topological polar surface area (TPSA) is 52.6 Å². The Bertz CT molecular complexity index is 1020. The predicted molar refractivity (Wildman–Crippen MR) is 103 cm³/mol. The third kappa shape index (κ3) is 5.26. The van der Waals surface area contributed by atoms with Crippen molar-refractivity contribution in [3.63, 3.8) is 0 Å². The molecule has 4 nitrogen and oxygen atoms in total. The smallest absolute Gasteiger partial charge is 0.417 e. The van der Waals surface area contributed by atoms with Gasteiger partial charge in [0.2, 0.25) is 0 Å². The molecule has 3 aromatic carbocycles. The molecule has 0 saturated heterocycles. The van der Waals surface area contributed by atoms with Crippen LogP contribution in [0, 0.1) is 0 Å². The number of carbonyl (C=O) groups excluding carboxylic acids is 2. The molecule has 0 heterocycles. The van der Waals surface area contributed by atoms with Gasteiger partial charge < -0.3 is 9.47 Å². The summed E-state index contributed by atoms with van der Waals surface area (Å²) in [6, 6.07) is 19.1. The Morgan fingerprint density at radius 2 is 1.43 bits per heavy atom. The number of carbonyl (C=O) groups is 2. The minimum absolute atomic E-state index is 0.00344. The largest absolute Gasteiger partial charge is 0.488 e. The van der Waals surface area contributed by atoms with Crippen LogP contribution in [0.3, 0.4) is 0 Å². The Morgan fingerprint density at radius 1 is 0.867 bits per heavy atom. The first-order chi connectivity index (χ1) is 14.4. The Balaban J connectivity index is 1.92. The lowest BCUT2D eigenvalue weighted by atomic mass is 10.0. The molecule has 0 aliphatic rings. The van der Waals surface area contributed by atoms with E-state index in [1.54, 1.807) is 60.7 Å². The maximum absolute atomic E-state index is 13.4. The first-order valence-corrected chi connectivity index (χ1v) is 8.96. The fraction of sp³-hybridized carbons (Fsp3) is 0.130. The zero-order valence-corrected chi connectivity index (χ0v) is 15.7. The number of hydrogen-bond acceptors (Lipinski definition) is 4. The Morgan fingerprint density at radius 3 is 1.97 bits per heavy atom. The van der Waals surface area contributed by atoms with Crippen LogP contribution in [0.1, 0.15) is 37.4 Å². The standard InChI is InChI=1S/C23H17F3O4/c24-23(25,26)20-12-19(22(28)30-15-17-9-5-2-6-10-17)21(11-18(20)13-27)29-14-16-7-3-1-4-8-16/h1-13H,14-15H2. The molecule has 0 N–H and O–H groups in total. The normalized spacial score (nSPS) is 11.0. The van der Waals surface area contributed by atoms with Crippen LogP contribution in [0.2, 0.25) is 0 Å². The molecule has 0 amide bonds. The monoisotopic (exact) mass is 414 g/mol. The highest BCUT2D eigenvalue weighted by molar-refractivity contribution is 5.94. The summed E-state index contributed by atoms with van der Waals surface area (Å²) >= 11 is 0. The average Bonchev–Trinajstić information content (AvgIpc) is 2.76. The van der Waals surface area contributed by atoms with Crippen molar-refractivity contribution in [1.29, 1.82) is 0 Å². The van der Waals surface area contributed by atoms with Gasteiger partial charge in [0.05, 0.1) is 5.56 Å². The molecule has 0 aliphatic heterocycles. The molecule has 0 radical (unpaired) electrons. The molecular weight excluding hydrogens is 397 g/mol. The van der Waals surface area contributed by atoms with E-state index in [0.29, 0.717) is 11.6 Å². The van der Waals surface area contributed by atoms with E-state index < -0.39 is 28.8 Å². The van der Waals surface area contributed by atoms with Gasteiger partial charge in [0.15, 0.2) is 6.29 Å². The third-order valence-corrected chi connectivity index (χ3v) is 4.25.